The van der Waals surface area contributed by atoms with E-state index in [9.17, 15) is 17.6 Å². The number of methoxy groups -OCH3 is 1. The fraction of sp³-hybridized carbons (Fsp3) is 0.500. The third-order valence-corrected chi connectivity index (χ3v) is 2.67. The summed E-state index contributed by atoms with van der Waals surface area (Å²) in [6, 6.07) is 3.53. The van der Waals surface area contributed by atoms with Crippen molar-refractivity contribution in [3.63, 3.8) is 0 Å². The van der Waals surface area contributed by atoms with Crippen molar-refractivity contribution < 1.29 is 27.4 Å². The van der Waals surface area contributed by atoms with Gasteiger partial charge in [-0.05, 0) is 24.6 Å². The molecule has 7 heteroatoms. The summed E-state index contributed by atoms with van der Waals surface area (Å²) in [5.74, 6) is -0.531. The van der Waals surface area contributed by atoms with Gasteiger partial charge in [-0.2, -0.15) is 13.2 Å². The summed E-state index contributed by atoms with van der Waals surface area (Å²) in [5, 5.41) is 11.4. The number of benzene rings is 1. The molecule has 0 fully saturated rings. The van der Waals surface area contributed by atoms with Gasteiger partial charge in [0.1, 0.15) is 0 Å². The van der Waals surface area contributed by atoms with Crippen LogP contribution in [-0.2, 0) is 0 Å². The van der Waals surface area contributed by atoms with Crippen molar-refractivity contribution >= 4 is 0 Å². The molecule has 1 aromatic carbocycles. The van der Waals surface area contributed by atoms with Crippen molar-refractivity contribution in [2.45, 2.75) is 25.2 Å². The first-order valence-corrected chi connectivity index (χ1v) is 5.57. The second-order valence-corrected chi connectivity index (χ2v) is 4.08. The maximum Gasteiger partial charge on any atom is 0.415 e. The predicted octanol–water partition coefficient (Wildman–Crippen LogP) is 2.41. The van der Waals surface area contributed by atoms with Gasteiger partial charge >= 0.3 is 6.18 Å². The van der Waals surface area contributed by atoms with Gasteiger partial charge in [0.15, 0.2) is 17.7 Å². The average molecular weight is 281 g/mol. The topological polar surface area (TPSA) is 41.5 Å². The molecule has 0 radical (unpaired) electrons. The Bertz CT molecular complexity index is 423. The molecule has 0 saturated heterocycles. The summed E-state index contributed by atoms with van der Waals surface area (Å²) >= 11 is 0. The Morgan fingerprint density at radius 1 is 1.37 bits per heavy atom. The fourth-order valence-corrected chi connectivity index (χ4v) is 1.47. The number of aliphatic hydroxyl groups excluding tert-OH is 1. The summed E-state index contributed by atoms with van der Waals surface area (Å²) < 4.78 is 54.3. The Morgan fingerprint density at radius 2 is 2.00 bits per heavy atom. The molecule has 108 valence electrons. The van der Waals surface area contributed by atoms with Crippen LogP contribution in [0.2, 0.25) is 0 Å². The van der Waals surface area contributed by atoms with E-state index in [4.69, 9.17) is 9.84 Å². The smallest absolute Gasteiger partial charge is 0.415 e. The van der Waals surface area contributed by atoms with Gasteiger partial charge in [-0.25, -0.2) is 4.39 Å². The van der Waals surface area contributed by atoms with E-state index in [1.54, 1.807) is 6.92 Å². The van der Waals surface area contributed by atoms with Gasteiger partial charge in [0.05, 0.1) is 7.11 Å². The first-order chi connectivity index (χ1) is 8.75. The number of hydrogen-bond acceptors (Lipinski definition) is 3. The van der Waals surface area contributed by atoms with Crippen LogP contribution in [0.4, 0.5) is 17.6 Å². The summed E-state index contributed by atoms with van der Waals surface area (Å²) in [6.07, 6.45) is -7.09. The molecule has 1 rings (SSSR count). The van der Waals surface area contributed by atoms with Gasteiger partial charge in [-0.1, -0.05) is 6.07 Å². The maximum atomic E-state index is 13.2. The number of rotatable bonds is 5. The molecule has 19 heavy (non-hydrogen) atoms. The molecule has 0 heterocycles. The molecule has 3 nitrogen and oxygen atoms in total. The van der Waals surface area contributed by atoms with Crippen molar-refractivity contribution in [2.24, 2.45) is 0 Å². The number of aliphatic hydroxyl groups is 1. The summed E-state index contributed by atoms with van der Waals surface area (Å²) in [5.41, 5.74) is 0.563. The van der Waals surface area contributed by atoms with Crippen molar-refractivity contribution in [2.75, 3.05) is 13.7 Å². The molecule has 0 amide bonds. The lowest BCUT2D eigenvalue weighted by atomic mass is 10.1. The van der Waals surface area contributed by atoms with E-state index in [0.29, 0.717) is 5.56 Å². The molecule has 2 N–H and O–H groups in total. The zero-order chi connectivity index (χ0) is 14.6. The molecule has 2 atom stereocenters. The highest BCUT2D eigenvalue weighted by atomic mass is 19.4. The second kappa shape index (κ2) is 6.21. The number of hydrogen-bond donors (Lipinski definition) is 2. The van der Waals surface area contributed by atoms with Crippen LogP contribution < -0.4 is 10.1 Å². The highest BCUT2D eigenvalue weighted by molar-refractivity contribution is 5.31. The van der Waals surface area contributed by atoms with Crippen LogP contribution in [0.15, 0.2) is 18.2 Å². The average Bonchev–Trinajstić information content (AvgIpc) is 2.34. The molecule has 0 aromatic heterocycles. The second-order valence-electron chi connectivity index (χ2n) is 4.08. The molecule has 0 aliphatic heterocycles. The normalized spacial score (nSPS) is 15.1. The van der Waals surface area contributed by atoms with Crippen LogP contribution in [0.25, 0.3) is 0 Å². The highest BCUT2D eigenvalue weighted by Crippen LogP contribution is 2.23. The van der Waals surface area contributed by atoms with Gasteiger partial charge in [0.2, 0.25) is 0 Å². The van der Waals surface area contributed by atoms with Crippen LogP contribution in [0.5, 0.6) is 5.75 Å². The Labute approximate surface area is 108 Å². The van der Waals surface area contributed by atoms with Crippen molar-refractivity contribution in [1.82, 2.24) is 5.32 Å². The van der Waals surface area contributed by atoms with E-state index in [2.05, 4.69) is 5.32 Å². The van der Waals surface area contributed by atoms with Crippen LogP contribution >= 0.6 is 0 Å². The molecule has 0 bridgehead atoms. The molecular formula is C12H15F4NO2. The zero-order valence-electron chi connectivity index (χ0n) is 10.5. The Kier molecular flexibility index (Phi) is 5.13. The monoisotopic (exact) mass is 281 g/mol. The van der Waals surface area contributed by atoms with Gasteiger partial charge < -0.3 is 15.2 Å². The van der Waals surface area contributed by atoms with E-state index >= 15 is 0 Å². The number of ether oxygens (including phenoxy) is 1. The van der Waals surface area contributed by atoms with Crippen LogP contribution in [0, 0.1) is 5.82 Å². The fourth-order valence-electron chi connectivity index (χ4n) is 1.47. The van der Waals surface area contributed by atoms with Crippen LogP contribution in [0.1, 0.15) is 18.5 Å². The quantitative estimate of drug-likeness (QED) is 0.814. The maximum absolute atomic E-state index is 13.2. The van der Waals surface area contributed by atoms with Gasteiger partial charge in [0, 0.05) is 12.6 Å². The SMILES string of the molecule is COc1cc(C(C)NCC(O)C(F)(F)F)ccc1F. The summed E-state index contributed by atoms with van der Waals surface area (Å²) in [4.78, 5) is 0. The largest absolute Gasteiger partial charge is 0.494 e. The van der Waals surface area contributed by atoms with Crippen molar-refractivity contribution in [3.05, 3.63) is 29.6 Å². The van der Waals surface area contributed by atoms with E-state index in [1.165, 1.54) is 25.3 Å². The van der Waals surface area contributed by atoms with E-state index in [-0.39, 0.29) is 5.75 Å². The van der Waals surface area contributed by atoms with E-state index < -0.39 is 30.7 Å². The first-order valence-electron chi connectivity index (χ1n) is 5.57. The minimum Gasteiger partial charge on any atom is -0.494 e. The highest BCUT2D eigenvalue weighted by Gasteiger charge is 2.37. The van der Waals surface area contributed by atoms with Gasteiger partial charge in [-0.3, -0.25) is 0 Å². The third kappa shape index (κ3) is 4.36. The molecular weight excluding hydrogens is 266 g/mol. The minimum absolute atomic E-state index is 0.0162. The molecule has 0 spiro atoms. The lowest BCUT2D eigenvalue weighted by molar-refractivity contribution is -0.202. The van der Waals surface area contributed by atoms with Crippen LogP contribution in [-0.4, -0.2) is 31.0 Å². The number of halogens is 4. The number of nitrogens with one attached hydrogen (secondary N) is 1. The minimum atomic E-state index is -4.66. The van der Waals surface area contributed by atoms with Crippen LogP contribution in [0.3, 0.4) is 0 Å². The van der Waals surface area contributed by atoms with E-state index in [0.717, 1.165) is 0 Å². The zero-order valence-corrected chi connectivity index (χ0v) is 10.5. The van der Waals surface area contributed by atoms with Crippen molar-refractivity contribution in [3.8, 4) is 5.75 Å². The van der Waals surface area contributed by atoms with Gasteiger partial charge in [0.25, 0.3) is 0 Å². The van der Waals surface area contributed by atoms with E-state index in [1.807, 2.05) is 0 Å². The lowest BCUT2D eigenvalue weighted by Crippen LogP contribution is -2.39. The Hall–Kier alpha value is -1.34. The number of alkyl halides is 3. The van der Waals surface area contributed by atoms with Gasteiger partial charge in [-0.15, -0.1) is 0 Å². The lowest BCUT2D eigenvalue weighted by Gasteiger charge is -2.19. The summed E-state index contributed by atoms with van der Waals surface area (Å²) in [7, 11) is 1.30. The molecule has 0 aliphatic carbocycles. The van der Waals surface area contributed by atoms with Crippen molar-refractivity contribution in [1.29, 1.82) is 0 Å². The standard InChI is InChI=1S/C12H15F4NO2/c1-7(17-6-11(18)12(14,15)16)8-3-4-9(13)10(5-8)19-2/h3-5,7,11,17-18H,6H2,1-2H3. The predicted molar refractivity (Wildman–Crippen MR) is 61.4 cm³/mol. The molecule has 1 aromatic rings. The summed E-state index contributed by atoms with van der Waals surface area (Å²) in [6.45, 7) is 0.972. The Balaban J connectivity index is 2.66. The third-order valence-electron chi connectivity index (χ3n) is 2.67. The molecule has 0 saturated carbocycles. The molecule has 0 aliphatic rings. The molecule has 2 unspecified atom stereocenters. The Morgan fingerprint density at radius 3 is 2.53 bits per heavy atom. The first kappa shape index (κ1) is 15.7.